The minimum absolute atomic E-state index is 0.332. The van der Waals surface area contributed by atoms with Crippen LogP contribution in [0, 0.1) is 0 Å². The number of hydrogen-bond donors (Lipinski definition) is 1. The van der Waals surface area contributed by atoms with E-state index in [2.05, 4.69) is 9.97 Å². The molecule has 8 heteroatoms. The van der Waals surface area contributed by atoms with Crippen LogP contribution in [0.5, 0.6) is 0 Å². The maximum Gasteiger partial charge on any atom is 0.332 e. The summed E-state index contributed by atoms with van der Waals surface area (Å²) in [5, 5.41) is 1.27. The van der Waals surface area contributed by atoms with Gasteiger partial charge in [0.05, 0.1) is 0 Å². The Labute approximate surface area is 134 Å². The van der Waals surface area contributed by atoms with E-state index in [0.29, 0.717) is 27.1 Å². The zero-order chi connectivity index (χ0) is 15.9. The highest BCUT2D eigenvalue weighted by Gasteiger charge is 2.13. The molecule has 0 saturated heterocycles. The summed E-state index contributed by atoms with van der Waals surface area (Å²) in [7, 11) is 3.04. The van der Waals surface area contributed by atoms with Crippen LogP contribution in [-0.2, 0) is 19.8 Å². The highest BCUT2D eigenvalue weighted by Crippen LogP contribution is 2.22. The van der Waals surface area contributed by atoms with Crippen LogP contribution in [0.3, 0.4) is 0 Å². The second kappa shape index (κ2) is 5.66. The third-order valence-corrected chi connectivity index (χ3v) is 4.52. The molecule has 0 amide bonds. The average molecular weight is 337 g/mol. The summed E-state index contributed by atoms with van der Waals surface area (Å²) in [6, 6.07) is 7.55. The number of nitrogens with one attached hydrogen (secondary N) is 1. The third kappa shape index (κ3) is 2.57. The van der Waals surface area contributed by atoms with Gasteiger partial charge in [-0.1, -0.05) is 35.5 Å². The van der Waals surface area contributed by atoms with Crippen molar-refractivity contribution in [3.8, 4) is 0 Å². The van der Waals surface area contributed by atoms with Crippen molar-refractivity contribution in [3.63, 3.8) is 0 Å². The molecule has 0 aliphatic carbocycles. The number of nitrogens with zero attached hydrogens (tertiary/aromatic N) is 3. The second-order valence-corrected chi connectivity index (χ2v) is 6.27. The maximum absolute atomic E-state index is 12.1. The van der Waals surface area contributed by atoms with Gasteiger partial charge in [-0.25, -0.2) is 9.78 Å². The molecule has 0 fully saturated rings. The van der Waals surface area contributed by atoms with Gasteiger partial charge in [0, 0.05) is 24.9 Å². The fraction of sp³-hybridized carbons (Fsp3) is 0.214. The molecular formula is C14H13ClN4O2S. The minimum Gasteiger partial charge on any atom is -0.327 e. The molecule has 1 N–H and O–H groups in total. The lowest BCUT2D eigenvalue weighted by Crippen LogP contribution is -2.36. The van der Waals surface area contributed by atoms with Crippen LogP contribution in [0.4, 0.5) is 0 Å². The Hall–Kier alpha value is -1.99. The van der Waals surface area contributed by atoms with Crippen LogP contribution in [0.15, 0.2) is 39.0 Å². The average Bonchev–Trinajstić information content (AvgIpc) is 2.93. The first-order valence-electron chi connectivity index (χ1n) is 6.50. The maximum atomic E-state index is 12.1. The van der Waals surface area contributed by atoms with Crippen molar-refractivity contribution in [2.24, 2.45) is 14.1 Å². The standard InChI is InChI=1S/C14H13ClN4O2S/c1-18-11-10(12(20)19(2)14(18)21)16-13(17-11)22-7-8-4-3-5-9(15)6-8/h3-6H,7H2,1-2H3,(H,16,17). The molecule has 0 aliphatic heterocycles. The molecule has 0 bridgehead atoms. The van der Waals surface area contributed by atoms with Gasteiger partial charge in [-0.05, 0) is 17.7 Å². The van der Waals surface area contributed by atoms with Crippen LogP contribution in [-0.4, -0.2) is 19.1 Å². The van der Waals surface area contributed by atoms with E-state index in [4.69, 9.17) is 11.6 Å². The third-order valence-electron chi connectivity index (χ3n) is 3.34. The van der Waals surface area contributed by atoms with Gasteiger partial charge < -0.3 is 4.98 Å². The fourth-order valence-electron chi connectivity index (χ4n) is 2.15. The van der Waals surface area contributed by atoms with Crippen LogP contribution >= 0.6 is 23.4 Å². The van der Waals surface area contributed by atoms with E-state index in [1.807, 2.05) is 24.3 Å². The van der Waals surface area contributed by atoms with Gasteiger partial charge in [0.15, 0.2) is 16.3 Å². The van der Waals surface area contributed by atoms with E-state index in [-0.39, 0.29) is 5.56 Å². The number of halogens is 1. The van der Waals surface area contributed by atoms with Gasteiger partial charge in [0.25, 0.3) is 5.56 Å². The smallest absolute Gasteiger partial charge is 0.327 e. The Morgan fingerprint density at radius 1 is 1.27 bits per heavy atom. The number of benzene rings is 1. The number of fused-ring (bicyclic) bond motifs is 1. The van der Waals surface area contributed by atoms with Crippen LogP contribution in [0.2, 0.25) is 5.02 Å². The Balaban J connectivity index is 1.96. The minimum atomic E-state index is -0.393. The molecule has 3 aromatic rings. The summed E-state index contributed by atoms with van der Waals surface area (Å²) >= 11 is 7.40. The van der Waals surface area contributed by atoms with Gasteiger partial charge in [-0.3, -0.25) is 13.9 Å². The molecule has 0 spiro atoms. The summed E-state index contributed by atoms with van der Waals surface area (Å²) in [4.78, 5) is 31.3. The highest BCUT2D eigenvalue weighted by molar-refractivity contribution is 7.98. The van der Waals surface area contributed by atoms with E-state index < -0.39 is 5.69 Å². The largest absolute Gasteiger partial charge is 0.332 e. The van der Waals surface area contributed by atoms with Crippen molar-refractivity contribution in [3.05, 3.63) is 55.7 Å². The second-order valence-electron chi connectivity index (χ2n) is 4.86. The van der Waals surface area contributed by atoms with Crippen LogP contribution in [0.1, 0.15) is 5.56 Å². The number of thioether (sulfide) groups is 1. The zero-order valence-electron chi connectivity index (χ0n) is 12.0. The van der Waals surface area contributed by atoms with Crippen LogP contribution in [0.25, 0.3) is 11.2 Å². The molecule has 114 valence electrons. The summed E-state index contributed by atoms with van der Waals surface area (Å²) in [6.45, 7) is 0. The molecule has 0 radical (unpaired) electrons. The number of hydrogen-bond acceptors (Lipinski definition) is 4. The summed E-state index contributed by atoms with van der Waals surface area (Å²) in [5.74, 6) is 0.661. The van der Waals surface area contributed by atoms with Crippen molar-refractivity contribution in [1.82, 2.24) is 19.1 Å². The van der Waals surface area contributed by atoms with Crippen LogP contribution < -0.4 is 11.2 Å². The Morgan fingerprint density at radius 2 is 2.05 bits per heavy atom. The lowest BCUT2D eigenvalue weighted by Gasteiger charge is -2.00. The van der Waals surface area contributed by atoms with Crippen molar-refractivity contribution in [1.29, 1.82) is 0 Å². The lowest BCUT2D eigenvalue weighted by atomic mass is 10.2. The highest BCUT2D eigenvalue weighted by atomic mass is 35.5. The van der Waals surface area contributed by atoms with E-state index in [9.17, 15) is 9.59 Å². The summed E-state index contributed by atoms with van der Waals surface area (Å²) < 4.78 is 2.42. The topological polar surface area (TPSA) is 72.7 Å². The number of aryl methyl sites for hydroxylation is 1. The predicted molar refractivity (Wildman–Crippen MR) is 87.6 cm³/mol. The van der Waals surface area contributed by atoms with Crippen molar-refractivity contribution in [2.75, 3.05) is 0 Å². The van der Waals surface area contributed by atoms with E-state index in [0.717, 1.165) is 10.1 Å². The number of rotatable bonds is 3. The molecule has 0 saturated carbocycles. The summed E-state index contributed by atoms with van der Waals surface area (Å²) in [6.07, 6.45) is 0. The first kappa shape index (κ1) is 14.9. The Morgan fingerprint density at radius 3 is 2.77 bits per heavy atom. The van der Waals surface area contributed by atoms with E-state index in [1.54, 1.807) is 7.05 Å². The van der Waals surface area contributed by atoms with E-state index in [1.165, 1.54) is 23.4 Å². The van der Waals surface area contributed by atoms with Gasteiger partial charge in [0.1, 0.15) is 0 Å². The van der Waals surface area contributed by atoms with Crippen molar-refractivity contribution < 1.29 is 0 Å². The van der Waals surface area contributed by atoms with E-state index >= 15 is 0 Å². The summed E-state index contributed by atoms with van der Waals surface area (Å²) in [5.41, 5.74) is 0.982. The number of aromatic nitrogens is 4. The van der Waals surface area contributed by atoms with Gasteiger partial charge >= 0.3 is 5.69 Å². The first-order chi connectivity index (χ1) is 10.5. The predicted octanol–water partition coefficient (Wildman–Crippen LogP) is 1.91. The fourth-order valence-corrected chi connectivity index (χ4v) is 3.17. The molecule has 0 aliphatic rings. The molecule has 1 aromatic carbocycles. The monoisotopic (exact) mass is 336 g/mol. The van der Waals surface area contributed by atoms with Crippen molar-refractivity contribution >= 4 is 34.5 Å². The number of imidazole rings is 1. The molecule has 6 nitrogen and oxygen atoms in total. The van der Waals surface area contributed by atoms with Gasteiger partial charge in [-0.2, -0.15) is 0 Å². The molecule has 0 atom stereocenters. The molecular weight excluding hydrogens is 324 g/mol. The molecule has 0 unspecified atom stereocenters. The van der Waals surface area contributed by atoms with Gasteiger partial charge in [0.2, 0.25) is 0 Å². The number of H-pyrrole nitrogens is 1. The molecule has 2 heterocycles. The molecule has 2 aromatic heterocycles. The molecule has 3 rings (SSSR count). The van der Waals surface area contributed by atoms with Crippen molar-refractivity contribution in [2.45, 2.75) is 10.9 Å². The number of aromatic amines is 1. The quantitative estimate of drug-likeness (QED) is 0.741. The first-order valence-corrected chi connectivity index (χ1v) is 7.86. The SMILES string of the molecule is Cn1c(=O)c2[nH]c(SCc3cccc(Cl)c3)nc2n(C)c1=O. The van der Waals surface area contributed by atoms with Gasteiger partial charge in [-0.15, -0.1) is 0 Å². The molecule has 22 heavy (non-hydrogen) atoms. The zero-order valence-corrected chi connectivity index (χ0v) is 13.5. The lowest BCUT2D eigenvalue weighted by molar-refractivity contribution is 0.708. The Bertz CT molecular complexity index is 973. The normalized spacial score (nSPS) is 11.2. The Kier molecular flexibility index (Phi) is 3.84.